The predicted octanol–water partition coefficient (Wildman–Crippen LogP) is 1.53. The highest BCUT2D eigenvalue weighted by Gasteiger charge is 2.13. The van der Waals surface area contributed by atoms with Crippen molar-refractivity contribution < 1.29 is 4.74 Å². The Morgan fingerprint density at radius 1 is 1.39 bits per heavy atom. The van der Waals surface area contributed by atoms with Crippen molar-refractivity contribution in [3.63, 3.8) is 0 Å². The topological polar surface area (TPSA) is 64.3 Å². The zero-order valence-corrected chi connectivity index (χ0v) is 12.0. The van der Waals surface area contributed by atoms with Gasteiger partial charge in [-0.1, -0.05) is 13.8 Å². The molecule has 5 nitrogen and oxygen atoms in total. The third-order valence-corrected chi connectivity index (χ3v) is 2.92. The molecule has 0 aliphatic rings. The van der Waals surface area contributed by atoms with Crippen LogP contribution >= 0.6 is 0 Å². The summed E-state index contributed by atoms with van der Waals surface area (Å²) in [6.07, 6.45) is 2.01. The van der Waals surface area contributed by atoms with Gasteiger partial charge in [0.05, 0.1) is 23.7 Å². The summed E-state index contributed by atoms with van der Waals surface area (Å²) in [5, 5.41) is 0. The second kappa shape index (κ2) is 6.66. The molecule has 1 heterocycles. The van der Waals surface area contributed by atoms with E-state index in [0.717, 1.165) is 23.8 Å². The van der Waals surface area contributed by atoms with E-state index < -0.39 is 0 Å². The van der Waals surface area contributed by atoms with E-state index >= 15 is 0 Å². The summed E-state index contributed by atoms with van der Waals surface area (Å²) in [6.45, 7) is 7.39. The molecule has 0 aliphatic heterocycles. The maximum absolute atomic E-state index is 5.77. The Morgan fingerprint density at radius 2 is 2.06 bits per heavy atom. The fourth-order valence-electron chi connectivity index (χ4n) is 1.73. The molecule has 102 valence electrons. The van der Waals surface area contributed by atoms with Crippen molar-refractivity contribution in [3.8, 4) is 0 Å². The molecular weight excluding hydrogens is 228 g/mol. The maximum Gasteiger partial charge on any atom is 0.131 e. The van der Waals surface area contributed by atoms with Gasteiger partial charge in [-0.2, -0.15) is 0 Å². The van der Waals surface area contributed by atoms with Gasteiger partial charge in [-0.05, 0) is 6.92 Å². The summed E-state index contributed by atoms with van der Waals surface area (Å²) in [5.74, 6) is 1.15. The van der Waals surface area contributed by atoms with E-state index in [1.165, 1.54) is 0 Å². The van der Waals surface area contributed by atoms with Gasteiger partial charge in [0.25, 0.3) is 0 Å². The number of nitrogens with two attached hydrogens (primary N) is 1. The molecule has 0 saturated carbocycles. The van der Waals surface area contributed by atoms with Crippen molar-refractivity contribution in [1.29, 1.82) is 0 Å². The second-order valence-corrected chi connectivity index (χ2v) is 4.85. The maximum atomic E-state index is 5.77. The summed E-state index contributed by atoms with van der Waals surface area (Å²) in [7, 11) is 3.71. The van der Waals surface area contributed by atoms with E-state index in [-0.39, 0.29) is 6.10 Å². The molecule has 0 fully saturated rings. The number of hydrogen-bond acceptors (Lipinski definition) is 5. The third-order valence-electron chi connectivity index (χ3n) is 2.92. The largest absolute Gasteiger partial charge is 0.380 e. The van der Waals surface area contributed by atoms with Crippen LogP contribution in [0.3, 0.4) is 0 Å². The van der Waals surface area contributed by atoms with Gasteiger partial charge in [0.2, 0.25) is 0 Å². The Morgan fingerprint density at radius 3 is 2.56 bits per heavy atom. The number of ether oxygens (including phenoxy) is 1. The summed E-state index contributed by atoms with van der Waals surface area (Å²) < 4.78 is 5.26. The first-order valence-corrected chi connectivity index (χ1v) is 6.29. The van der Waals surface area contributed by atoms with Crippen LogP contribution in [0, 0.1) is 0 Å². The van der Waals surface area contributed by atoms with E-state index in [2.05, 4.69) is 28.7 Å². The Bertz CT molecular complexity index is 381. The number of likely N-dealkylation sites (N-methyl/N-ethyl adjacent to an activating group) is 1. The lowest BCUT2D eigenvalue weighted by Crippen LogP contribution is -2.30. The Kier molecular flexibility index (Phi) is 5.50. The summed E-state index contributed by atoms with van der Waals surface area (Å²) >= 11 is 0. The van der Waals surface area contributed by atoms with Crippen molar-refractivity contribution in [1.82, 2.24) is 9.97 Å². The Hall–Kier alpha value is -1.20. The minimum Gasteiger partial charge on any atom is -0.380 e. The summed E-state index contributed by atoms with van der Waals surface area (Å²) in [4.78, 5) is 11.0. The van der Waals surface area contributed by atoms with Gasteiger partial charge >= 0.3 is 0 Å². The number of aromatic nitrogens is 2. The molecule has 0 radical (unpaired) electrons. The predicted molar refractivity (Wildman–Crippen MR) is 73.8 cm³/mol. The quantitative estimate of drug-likeness (QED) is 0.831. The first-order chi connectivity index (χ1) is 8.49. The zero-order chi connectivity index (χ0) is 13.7. The molecule has 18 heavy (non-hydrogen) atoms. The first-order valence-electron chi connectivity index (χ1n) is 6.29. The Balaban J connectivity index is 2.94. The number of methoxy groups -OCH3 is 1. The highest BCUT2D eigenvalue weighted by atomic mass is 16.5. The van der Waals surface area contributed by atoms with Gasteiger partial charge in [-0.15, -0.1) is 0 Å². The monoisotopic (exact) mass is 252 g/mol. The lowest BCUT2D eigenvalue weighted by Gasteiger charge is -2.24. The van der Waals surface area contributed by atoms with E-state index in [1.54, 1.807) is 7.11 Å². The highest BCUT2D eigenvalue weighted by molar-refractivity contribution is 5.48. The molecule has 1 unspecified atom stereocenters. The van der Waals surface area contributed by atoms with Crippen LogP contribution in [-0.2, 0) is 11.3 Å². The van der Waals surface area contributed by atoms with Crippen LogP contribution < -0.4 is 10.6 Å². The van der Waals surface area contributed by atoms with Gasteiger partial charge in [0.1, 0.15) is 5.82 Å². The standard InChI is InChI=1S/C13H24N4O/c1-9(2)13-15-7-12(11(6-14)16-13)17(4)8-10(3)18-5/h7,9-10H,6,8,14H2,1-5H3. The highest BCUT2D eigenvalue weighted by Crippen LogP contribution is 2.19. The molecule has 0 amide bonds. The van der Waals surface area contributed by atoms with E-state index in [9.17, 15) is 0 Å². The summed E-state index contributed by atoms with van der Waals surface area (Å²) in [5.41, 5.74) is 7.64. The minimum atomic E-state index is 0.158. The molecule has 0 aliphatic carbocycles. The van der Waals surface area contributed by atoms with Crippen LogP contribution in [0.15, 0.2) is 6.20 Å². The minimum absolute atomic E-state index is 0.158. The van der Waals surface area contributed by atoms with Crippen molar-refractivity contribution in [3.05, 3.63) is 17.7 Å². The first kappa shape index (κ1) is 14.9. The molecule has 1 rings (SSSR count). The molecule has 2 N–H and O–H groups in total. The number of anilines is 1. The zero-order valence-electron chi connectivity index (χ0n) is 12.0. The SMILES string of the molecule is COC(C)CN(C)c1cnc(C(C)C)nc1CN. The normalized spacial score (nSPS) is 12.8. The van der Waals surface area contributed by atoms with E-state index in [0.29, 0.717) is 12.5 Å². The molecule has 0 saturated heterocycles. The van der Waals surface area contributed by atoms with Crippen LogP contribution in [0.1, 0.15) is 38.2 Å². The molecule has 5 heteroatoms. The van der Waals surface area contributed by atoms with Gasteiger partial charge in [0, 0.05) is 33.2 Å². The van der Waals surface area contributed by atoms with Crippen molar-refractivity contribution in [2.24, 2.45) is 5.73 Å². The van der Waals surface area contributed by atoms with Crippen LogP contribution in [0.5, 0.6) is 0 Å². The Labute approximate surface area is 109 Å². The van der Waals surface area contributed by atoms with Crippen LogP contribution in [0.25, 0.3) is 0 Å². The van der Waals surface area contributed by atoms with Crippen molar-refractivity contribution in [2.75, 3.05) is 25.6 Å². The van der Waals surface area contributed by atoms with Gasteiger partial charge in [-0.3, -0.25) is 0 Å². The van der Waals surface area contributed by atoms with Gasteiger partial charge in [-0.25, -0.2) is 9.97 Å². The third kappa shape index (κ3) is 3.65. The van der Waals surface area contributed by atoms with Crippen molar-refractivity contribution >= 4 is 5.69 Å². The average Bonchev–Trinajstić information content (AvgIpc) is 2.37. The van der Waals surface area contributed by atoms with Crippen molar-refractivity contribution in [2.45, 2.75) is 39.3 Å². The van der Waals surface area contributed by atoms with Crippen LogP contribution in [0.4, 0.5) is 5.69 Å². The van der Waals surface area contributed by atoms with Crippen LogP contribution in [-0.4, -0.2) is 36.8 Å². The molecule has 0 bridgehead atoms. The summed E-state index contributed by atoms with van der Waals surface area (Å²) in [6, 6.07) is 0. The molecule has 1 aromatic rings. The molecule has 0 aromatic carbocycles. The van der Waals surface area contributed by atoms with Crippen LogP contribution in [0.2, 0.25) is 0 Å². The van der Waals surface area contributed by atoms with E-state index in [4.69, 9.17) is 10.5 Å². The lowest BCUT2D eigenvalue weighted by molar-refractivity contribution is 0.124. The smallest absolute Gasteiger partial charge is 0.131 e. The fraction of sp³-hybridized carbons (Fsp3) is 0.692. The second-order valence-electron chi connectivity index (χ2n) is 4.85. The van der Waals surface area contributed by atoms with Gasteiger partial charge in [0.15, 0.2) is 0 Å². The molecule has 1 aromatic heterocycles. The molecular formula is C13H24N4O. The lowest BCUT2D eigenvalue weighted by atomic mass is 10.2. The molecule has 0 spiro atoms. The molecule has 1 atom stereocenters. The fourth-order valence-corrected chi connectivity index (χ4v) is 1.73. The number of rotatable bonds is 6. The average molecular weight is 252 g/mol. The number of hydrogen-bond donors (Lipinski definition) is 1. The number of nitrogens with zero attached hydrogens (tertiary/aromatic N) is 3. The van der Waals surface area contributed by atoms with Gasteiger partial charge < -0.3 is 15.4 Å². The van der Waals surface area contributed by atoms with E-state index in [1.807, 2.05) is 20.2 Å².